The van der Waals surface area contributed by atoms with Gasteiger partial charge >= 0.3 is 0 Å². The first-order valence-corrected chi connectivity index (χ1v) is 11.7. The van der Waals surface area contributed by atoms with Gasteiger partial charge in [-0.1, -0.05) is 0 Å². The minimum atomic E-state index is -3.56. The van der Waals surface area contributed by atoms with Crippen molar-refractivity contribution in [2.24, 2.45) is 7.05 Å². The van der Waals surface area contributed by atoms with Crippen molar-refractivity contribution in [2.45, 2.75) is 55.2 Å². The van der Waals surface area contributed by atoms with Crippen LogP contribution in [0.15, 0.2) is 23.5 Å². The summed E-state index contributed by atoms with van der Waals surface area (Å²) in [6, 6.07) is 2.03. The lowest BCUT2D eigenvalue weighted by atomic mass is 10.1. The number of aryl methyl sites for hydroxylation is 1. The number of hydrogen-bond donors (Lipinski definition) is 2. The molecule has 0 unspecified atom stereocenters. The van der Waals surface area contributed by atoms with Crippen LogP contribution in [0.3, 0.4) is 0 Å². The van der Waals surface area contributed by atoms with Crippen LogP contribution >= 0.6 is 0 Å². The van der Waals surface area contributed by atoms with Crippen molar-refractivity contribution in [2.75, 3.05) is 18.4 Å². The van der Waals surface area contributed by atoms with Crippen LogP contribution in [0.2, 0.25) is 0 Å². The molecule has 0 amide bonds. The molecule has 1 aliphatic heterocycles. The summed E-state index contributed by atoms with van der Waals surface area (Å²) in [5, 5.41) is 26.2. The zero-order valence-electron chi connectivity index (χ0n) is 17.2. The van der Waals surface area contributed by atoms with Gasteiger partial charge in [0, 0.05) is 38.8 Å². The lowest BCUT2D eigenvalue weighted by Gasteiger charge is -2.31. The van der Waals surface area contributed by atoms with E-state index in [9.17, 15) is 18.8 Å². The third kappa shape index (κ3) is 4.79. The molecule has 1 aliphatic carbocycles. The Balaban J connectivity index is 1.38. The minimum absolute atomic E-state index is 0.00515. The number of nitrogens with one attached hydrogen (secondary N) is 1. The zero-order valence-corrected chi connectivity index (χ0v) is 18.0. The van der Waals surface area contributed by atoms with Crippen LogP contribution in [0.5, 0.6) is 5.88 Å². The number of sulfonamides is 1. The molecule has 3 heterocycles. The highest BCUT2D eigenvalue weighted by Crippen LogP contribution is 2.27. The lowest BCUT2D eigenvalue weighted by Crippen LogP contribution is -2.42. The van der Waals surface area contributed by atoms with Crippen LogP contribution in [-0.4, -0.2) is 68.9 Å². The molecule has 31 heavy (non-hydrogen) atoms. The number of piperidine rings is 1. The molecule has 0 radical (unpaired) electrons. The number of rotatable bonds is 6. The number of ether oxygens (including phenoxy) is 1. The molecule has 0 aromatic carbocycles. The fraction of sp³-hybridized carbons (Fsp3) is 0.579. The molecule has 2 aliphatic rings. The molecule has 1 saturated carbocycles. The molecule has 166 valence electrons. The van der Waals surface area contributed by atoms with Crippen molar-refractivity contribution in [3.05, 3.63) is 24.2 Å². The Bertz CT molecular complexity index is 1070. The molecule has 1 saturated heterocycles. The average molecular weight is 448 g/mol. The first kappa shape index (κ1) is 21.5. The highest BCUT2D eigenvalue weighted by Gasteiger charge is 2.31. The first-order chi connectivity index (χ1) is 14.8. The number of anilines is 1. The van der Waals surface area contributed by atoms with Gasteiger partial charge in [0.05, 0.1) is 18.5 Å². The van der Waals surface area contributed by atoms with Crippen molar-refractivity contribution in [1.82, 2.24) is 24.1 Å². The van der Waals surface area contributed by atoms with E-state index in [-0.39, 0.29) is 34.6 Å². The van der Waals surface area contributed by atoms with Gasteiger partial charge in [0.1, 0.15) is 22.6 Å². The van der Waals surface area contributed by atoms with E-state index in [1.165, 1.54) is 27.6 Å². The van der Waals surface area contributed by atoms with Crippen LogP contribution < -0.4 is 10.1 Å². The number of aliphatic hydroxyl groups excluding tert-OH is 1. The summed E-state index contributed by atoms with van der Waals surface area (Å²) >= 11 is 0. The molecule has 2 atom stereocenters. The topological polar surface area (TPSA) is 146 Å². The molecular weight excluding hydrogens is 422 g/mol. The molecule has 2 aromatic heterocycles. The van der Waals surface area contributed by atoms with E-state index < -0.39 is 10.0 Å². The summed E-state index contributed by atoms with van der Waals surface area (Å²) in [6.07, 6.45) is 6.78. The van der Waals surface area contributed by atoms with Crippen molar-refractivity contribution in [3.8, 4) is 11.9 Å². The Labute approximate surface area is 180 Å². The van der Waals surface area contributed by atoms with E-state index in [0.717, 1.165) is 0 Å². The van der Waals surface area contributed by atoms with Crippen LogP contribution in [0, 0.1) is 11.3 Å². The molecule has 12 heteroatoms. The summed E-state index contributed by atoms with van der Waals surface area (Å²) in [5.41, 5.74) is 0.240. The van der Waals surface area contributed by atoms with Crippen LogP contribution in [-0.2, 0) is 17.1 Å². The third-order valence-corrected chi connectivity index (χ3v) is 7.47. The molecular formula is C19H25N7O4S. The monoisotopic (exact) mass is 447 g/mol. The summed E-state index contributed by atoms with van der Waals surface area (Å²) in [7, 11) is -1.88. The molecule has 0 spiro atoms. The van der Waals surface area contributed by atoms with Crippen molar-refractivity contribution < 1.29 is 18.3 Å². The molecule has 2 N–H and O–H groups in total. The molecule has 11 nitrogen and oxygen atoms in total. The fourth-order valence-corrected chi connectivity index (χ4v) is 5.34. The second-order valence-corrected chi connectivity index (χ2v) is 9.84. The fourth-order valence-electron chi connectivity index (χ4n) is 3.89. The van der Waals surface area contributed by atoms with Crippen LogP contribution in [0.25, 0.3) is 0 Å². The highest BCUT2D eigenvalue weighted by atomic mass is 32.2. The van der Waals surface area contributed by atoms with Crippen molar-refractivity contribution >= 4 is 16.0 Å². The van der Waals surface area contributed by atoms with Crippen LogP contribution in [0.4, 0.5) is 5.95 Å². The predicted molar refractivity (Wildman–Crippen MR) is 110 cm³/mol. The summed E-state index contributed by atoms with van der Waals surface area (Å²) in [6.45, 7) is 0.739. The maximum absolute atomic E-state index is 12.7. The maximum Gasteiger partial charge on any atom is 0.246 e. The van der Waals surface area contributed by atoms with Gasteiger partial charge in [-0.15, -0.1) is 0 Å². The Morgan fingerprint density at radius 1 is 1.26 bits per heavy atom. The normalized spacial score (nSPS) is 22.9. The van der Waals surface area contributed by atoms with Gasteiger partial charge in [0.2, 0.25) is 21.9 Å². The van der Waals surface area contributed by atoms with Gasteiger partial charge in [-0.2, -0.15) is 19.6 Å². The van der Waals surface area contributed by atoms with Crippen molar-refractivity contribution in [3.63, 3.8) is 0 Å². The van der Waals surface area contributed by atoms with E-state index in [1.54, 1.807) is 7.05 Å². The predicted octanol–water partition coefficient (Wildman–Crippen LogP) is 0.639. The van der Waals surface area contributed by atoms with Gasteiger partial charge in [0.25, 0.3) is 0 Å². The van der Waals surface area contributed by atoms with Gasteiger partial charge in [-0.3, -0.25) is 4.68 Å². The standard InChI is InChI=1S/C19H25N7O4S/c1-25-12-17(11-22-25)31(28,29)26-6-4-14(5-7-26)23-19-21-10-13(9-20)18(24-19)30-16-3-2-15(27)8-16/h10-12,14-16,27H,2-8H2,1H3,(H,21,23,24)/t15-,16+/m1/s1. The van der Waals surface area contributed by atoms with Gasteiger partial charge < -0.3 is 15.2 Å². The lowest BCUT2D eigenvalue weighted by molar-refractivity contribution is 0.146. The van der Waals surface area contributed by atoms with Gasteiger partial charge in [-0.25, -0.2) is 13.4 Å². The van der Waals surface area contributed by atoms with E-state index in [4.69, 9.17) is 4.74 Å². The number of nitriles is 1. The molecule has 4 rings (SSSR count). The van der Waals surface area contributed by atoms with E-state index in [0.29, 0.717) is 51.1 Å². The largest absolute Gasteiger partial charge is 0.473 e. The van der Waals surface area contributed by atoms with Crippen molar-refractivity contribution in [1.29, 1.82) is 5.26 Å². The summed E-state index contributed by atoms with van der Waals surface area (Å²) < 4.78 is 34.2. The number of aromatic nitrogens is 4. The third-order valence-electron chi connectivity index (χ3n) is 5.62. The SMILES string of the molecule is Cn1cc(S(=O)(=O)N2CCC(Nc3ncc(C#N)c(O[C@H]4CC[C@@H](O)C4)n3)CC2)cn1. The average Bonchev–Trinajstić information content (AvgIpc) is 3.37. The van der Waals surface area contributed by atoms with E-state index in [1.807, 2.05) is 6.07 Å². The smallest absolute Gasteiger partial charge is 0.246 e. The molecule has 0 bridgehead atoms. The zero-order chi connectivity index (χ0) is 22.0. The first-order valence-electron chi connectivity index (χ1n) is 10.2. The number of nitrogens with zero attached hydrogens (tertiary/aromatic N) is 6. The Hall–Kier alpha value is -2.75. The maximum atomic E-state index is 12.7. The van der Waals surface area contributed by atoms with Gasteiger partial charge in [0.15, 0.2) is 0 Å². The Kier molecular flexibility index (Phi) is 6.08. The summed E-state index contributed by atoms with van der Waals surface area (Å²) in [4.78, 5) is 8.74. The second kappa shape index (κ2) is 8.78. The molecule has 2 fully saturated rings. The number of aliphatic hydroxyl groups is 1. The number of hydrogen-bond acceptors (Lipinski definition) is 9. The second-order valence-electron chi connectivity index (χ2n) is 7.90. The minimum Gasteiger partial charge on any atom is -0.473 e. The van der Waals surface area contributed by atoms with Crippen LogP contribution in [0.1, 0.15) is 37.7 Å². The Morgan fingerprint density at radius 2 is 2.03 bits per heavy atom. The summed E-state index contributed by atoms with van der Waals surface area (Å²) in [5.74, 6) is 0.539. The highest BCUT2D eigenvalue weighted by molar-refractivity contribution is 7.89. The van der Waals surface area contributed by atoms with Gasteiger partial charge in [-0.05, 0) is 25.7 Å². The quantitative estimate of drug-likeness (QED) is 0.651. The van der Waals surface area contributed by atoms with E-state index in [2.05, 4.69) is 20.4 Å². The van der Waals surface area contributed by atoms with E-state index >= 15 is 0 Å². The Morgan fingerprint density at radius 3 is 2.65 bits per heavy atom. The molecule has 2 aromatic rings.